The van der Waals surface area contributed by atoms with Crippen LogP contribution < -0.4 is 4.74 Å². The third-order valence-corrected chi connectivity index (χ3v) is 5.81. The topological polar surface area (TPSA) is 94.0 Å². The number of aromatic nitrogens is 5. The Morgan fingerprint density at radius 3 is 2.66 bits per heavy atom. The van der Waals surface area contributed by atoms with Crippen molar-refractivity contribution in [2.75, 3.05) is 6.54 Å². The molecule has 0 spiro atoms. The van der Waals surface area contributed by atoms with E-state index in [2.05, 4.69) is 24.9 Å². The largest absolute Gasteiger partial charge is 0.439 e. The van der Waals surface area contributed by atoms with Gasteiger partial charge in [0.1, 0.15) is 17.9 Å². The van der Waals surface area contributed by atoms with E-state index >= 15 is 0 Å². The smallest absolute Gasteiger partial charge is 0.254 e. The summed E-state index contributed by atoms with van der Waals surface area (Å²) in [6.07, 6.45) is 9.00. The van der Waals surface area contributed by atoms with Crippen LogP contribution in [0.3, 0.4) is 0 Å². The van der Waals surface area contributed by atoms with Gasteiger partial charge in [0.15, 0.2) is 5.82 Å². The molecule has 9 heteroatoms. The van der Waals surface area contributed by atoms with Gasteiger partial charge < -0.3 is 9.64 Å². The second-order valence-electron chi connectivity index (χ2n) is 8.33. The molecule has 1 atom stereocenters. The van der Waals surface area contributed by atoms with Gasteiger partial charge in [0, 0.05) is 48.0 Å². The van der Waals surface area contributed by atoms with Crippen LogP contribution >= 0.6 is 0 Å². The summed E-state index contributed by atoms with van der Waals surface area (Å²) in [5.74, 6) is 0.906. The van der Waals surface area contributed by atoms with Crippen molar-refractivity contribution in [2.24, 2.45) is 0 Å². The number of halogens is 1. The lowest BCUT2D eigenvalue weighted by Gasteiger charge is -2.35. The molecule has 3 aromatic heterocycles. The van der Waals surface area contributed by atoms with E-state index in [9.17, 15) is 9.18 Å². The summed E-state index contributed by atoms with van der Waals surface area (Å²) in [5, 5.41) is 0. The Labute approximate surface area is 201 Å². The number of aryl methyl sites for hydroxylation is 1. The minimum absolute atomic E-state index is 0.110. The number of likely N-dealkylation sites (tertiary alicyclic amines) is 1. The van der Waals surface area contributed by atoms with Gasteiger partial charge in [-0.1, -0.05) is 0 Å². The molecule has 0 aliphatic carbocycles. The average molecular weight is 471 g/mol. The number of pyridine rings is 1. The van der Waals surface area contributed by atoms with Crippen LogP contribution in [-0.2, 0) is 0 Å². The van der Waals surface area contributed by atoms with Crippen LogP contribution in [0.4, 0.5) is 4.39 Å². The zero-order valence-corrected chi connectivity index (χ0v) is 19.1. The van der Waals surface area contributed by atoms with Gasteiger partial charge in [0.2, 0.25) is 5.88 Å². The lowest BCUT2D eigenvalue weighted by Crippen LogP contribution is -2.39. The van der Waals surface area contributed by atoms with E-state index in [4.69, 9.17) is 4.74 Å². The number of ether oxygens (including phenoxy) is 1. The maximum Gasteiger partial charge on any atom is 0.254 e. The molecule has 0 saturated carbocycles. The number of hydrogen-bond donors (Lipinski definition) is 0. The second kappa shape index (κ2) is 9.92. The lowest BCUT2D eigenvalue weighted by molar-refractivity contribution is 0.0598. The van der Waals surface area contributed by atoms with E-state index in [1.165, 1.54) is 18.5 Å². The summed E-state index contributed by atoms with van der Waals surface area (Å²) >= 11 is 0. The van der Waals surface area contributed by atoms with Crippen molar-refractivity contribution < 1.29 is 13.9 Å². The Bertz CT molecular complexity index is 1330. The standard InChI is InChI=1S/C26H23FN6O2/c1-17-12-24(35-21-7-5-20(27)6-8-21)32-25(31-17)23-4-2-3-11-33(23)26(34)18-9-10-30-22(13-18)19-14-28-16-29-15-19/h5-10,12-16,23H,2-4,11H2,1H3/t23-/m1/s1. The minimum Gasteiger partial charge on any atom is -0.439 e. The molecule has 0 unspecified atom stereocenters. The summed E-state index contributed by atoms with van der Waals surface area (Å²) in [7, 11) is 0. The fraction of sp³-hybridized carbons (Fsp3) is 0.231. The quantitative estimate of drug-likeness (QED) is 0.408. The van der Waals surface area contributed by atoms with Crippen LogP contribution in [-0.4, -0.2) is 42.3 Å². The van der Waals surface area contributed by atoms with Gasteiger partial charge in [0.05, 0.1) is 11.7 Å². The molecule has 5 rings (SSSR count). The van der Waals surface area contributed by atoms with E-state index in [0.717, 1.165) is 30.5 Å². The summed E-state index contributed by atoms with van der Waals surface area (Å²) in [5.41, 5.74) is 2.62. The van der Waals surface area contributed by atoms with E-state index in [-0.39, 0.29) is 17.8 Å². The number of nitrogens with zero attached hydrogens (tertiary/aromatic N) is 6. The number of hydrogen-bond acceptors (Lipinski definition) is 7. The molecule has 0 N–H and O–H groups in total. The van der Waals surface area contributed by atoms with Gasteiger partial charge in [-0.25, -0.2) is 19.3 Å². The Morgan fingerprint density at radius 1 is 1.06 bits per heavy atom. The highest BCUT2D eigenvalue weighted by Crippen LogP contribution is 2.32. The first-order valence-corrected chi connectivity index (χ1v) is 11.4. The number of rotatable bonds is 5. The number of amides is 1. The summed E-state index contributed by atoms with van der Waals surface area (Å²) < 4.78 is 19.1. The molecule has 1 saturated heterocycles. The van der Waals surface area contributed by atoms with E-state index in [1.807, 2.05) is 11.8 Å². The van der Waals surface area contributed by atoms with Gasteiger partial charge in [0.25, 0.3) is 5.91 Å². The van der Waals surface area contributed by atoms with E-state index < -0.39 is 0 Å². The predicted octanol–water partition coefficient (Wildman–Crippen LogP) is 4.94. The van der Waals surface area contributed by atoms with Crippen molar-refractivity contribution in [1.29, 1.82) is 0 Å². The van der Waals surface area contributed by atoms with Crippen LogP contribution in [0.1, 0.15) is 47.2 Å². The molecule has 1 fully saturated rings. The average Bonchev–Trinajstić information content (AvgIpc) is 2.90. The van der Waals surface area contributed by atoms with E-state index in [0.29, 0.717) is 35.3 Å². The first-order valence-electron chi connectivity index (χ1n) is 11.4. The lowest BCUT2D eigenvalue weighted by atomic mass is 9.99. The van der Waals surface area contributed by atoms with Crippen molar-refractivity contribution in [1.82, 2.24) is 29.8 Å². The molecule has 1 aliphatic heterocycles. The number of benzene rings is 1. The molecule has 1 amide bonds. The fourth-order valence-corrected chi connectivity index (χ4v) is 4.15. The highest BCUT2D eigenvalue weighted by Gasteiger charge is 2.31. The van der Waals surface area contributed by atoms with Gasteiger partial charge in [-0.3, -0.25) is 9.78 Å². The molecular formula is C26H23FN6O2. The normalized spacial score (nSPS) is 15.6. The molecule has 8 nitrogen and oxygen atoms in total. The molecule has 4 heterocycles. The van der Waals surface area contributed by atoms with Crippen LogP contribution in [0.25, 0.3) is 11.3 Å². The highest BCUT2D eigenvalue weighted by atomic mass is 19.1. The maximum absolute atomic E-state index is 13.6. The Balaban J connectivity index is 1.42. The maximum atomic E-state index is 13.6. The summed E-state index contributed by atoms with van der Waals surface area (Å²) in [4.78, 5) is 37.1. The minimum atomic E-state index is -0.340. The first-order chi connectivity index (χ1) is 17.1. The van der Waals surface area contributed by atoms with Crippen LogP contribution in [0, 0.1) is 12.7 Å². The SMILES string of the molecule is Cc1cc(Oc2ccc(F)cc2)nc([C@H]2CCCCN2C(=O)c2ccnc(-c3cncnc3)c2)n1. The van der Waals surface area contributed by atoms with Crippen molar-refractivity contribution in [3.63, 3.8) is 0 Å². The molecular weight excluding hydrogens is 447 g/mol. The van der Waals surface area contributed by atoms with Crippen molar-refractivity contribution >= 4 is 5.91 Å². The van der Waals surface area contributed by atoms with Gasteiger partial charge in [-0.15, -0.1) is 0 Å². The van der Waals surface area contributed by atoms with Gasteiger partial charge in [-0.2, -0.15) is 4.98 Å². The molecule has 176 valence electrons. The predicted molar refractivity (Wildman–Crippen MR) is 126 cm³/mol. The molecule has 4 aromatic rings. The van der Waals surface area contributed by atoms with Gasteiger partial charge >= 0.3 is 0 Å². The van der Waals surface area contributed by atoms with Crippen molar-refractivity contribution in [2.45, 2.75) is 32.2 Å². The van der Waals surface area contributed by atoms with Crippen molar-refractivity contribution in [3.8, 4) is 22.9 Å². The highest BCUT2D eigenvalue weighted by molar-refractivity contribution is 5.95. The summed E-state index contributed by atoms with van der Waals surface area (Å²) in [6, 6.07) is 10.6. The van der Waals surface area contributed by atoms with E-state index in [1.54, 1.807) is 48.9 Å². The number of carbonyl (C=O) groups is 1. The Kier molecular flexibility index (Phi) is 6.38. The second-order valence-corrected chi connectivity index (χ2v) is 8.33. The first kappa shape index (κ1) is 22.5. The Hall–Kier alpha value is -4.27. The number of piperidine rings is 1. The Morgan fingerprint density at radius 2 is 1.86 bits per heavy atom. The zero-order valence-electron chi connectivity index (χ0n) is 19.1. The molecule has 1 aliphatic rings. The zero-order chi connectivity index (χ0) is 24.2. The number of carbonyl (C=O) groups excluding carboxylic acids is 1. The van der Waals surface area contributed by atoms with Crippen LogP contribution in [0.5, 0.6) is 11.6 Å². The monoisotopic (exact) mass is 470 g/mol. The summed E-state index contributed by atoms with van der Waals surface area (Å²) in [6.45, 7) is 2.45. The molecule has 1 aromatic carbocycles. The third-order valence-electron chi connectivity index (χ3n) is 5.81. The van der Waals surface area contributed by atoms with Crippen LogP contribution in [0.2, 0.25) is 0 Å². The molecule has 0 bridgehead atoms. The van der Waals surface area contributed by atoms with Gasteiger partial charge in [-0.05, 0) is 62.6 Å². The molecule has 0 radical (unpaired) electrons. The fourth-order valence-electron chi connectivity index (χ4n) is 4.15. The third kappa shape index (κ3) is 5.13. The van der Waals surface area contributed by atoms with Crippen molar-refractivity contribution in [3.05, 3.63) is 90.3 Å². The van der Waals surface area contributed by atoms with Crippen LogP contribution in [0.15, 0.2) is 67.4 Å². The molecule has 35 heavy (non-hydrogen) atoms.